The Hall–Kier alpha value is -0.550. The summed E-state index contributed by atoms with van der Waals surface area (Å²) in [5, 5.41) is 0. The number of halogens is 1. The largest absolute Gasteiger partial charge is 0.593 e. The van der Waals surface area contributed by atoms with E-state index >= 15 is 0 Å². The first-order chi connectivity index (χ1) is 6.77. The molecule has 0 saturated carbocycles. The lowest BCUT2D eigenvalue weighted by molar-refractivity contribution is 0.610. The maximum absolute atomic E-state index is 11.0. The smallest absolute Gasteiger partial charge is 0.227 e. The van der Waals surface area contributed by atoms with Crippen LogP contribution in [0.3, 0.4) is 0 Å². The average molecular weight is 244 g/mol. The van der Waals surface area contributed by atoms with Crippen LogP contribution < -0.4 is 0 Å². The van der Waals surface area contributed by atoms with Gasteiger partial charge >= 0.3 is 0 Å². The molecular weight excluding hydrogens is 238 g/mol. The molecule has 0 N–H and O–H groups in total. The van der Waals surface area contributed by atoms with E-state index in [0.717, 1.165) is 10.6 Å². The Labute approximate surface area is 93.2 Å². The third kappa shape index (κ3) is 2.09. The quantitative estimate of drug-likeness (QED) is 0.760. The Morgan fingerprint density at radius 3 is 2.71 bits per heavy atom. The van der Waals surface area contributed by atoms with E-state index < -0.39 is 10.4 Å². The molecule has 0 aliphatic rings. The fraction of sp³-hybridized carbons (Fsp3) is 0. The van der Waals surface area contributed by atoms with Crippen LogP contribution in [0.2, 0.25) is 0 Å². The van der Waals surface area contributed by atoms with E-state index in [4.69, 9.17) is 10.7 Å². The van der Waals surface area contributed by atoms with Gasteiger partial charge in [0.15, 0.2) is 10.7 Å². The van der Waals surface area contributed by atoms with Crippen molar-refractivity contribution < 1.29 is 4.55 Å². The SMILES string of the molecule is [O-][S+](Cl)c1ccc(-c2ccccn2)s1. The molecule has 2 rings (SSSR count). The minimum absolute atomic E-state index is 0.660. The first-order valence-corrected chi connectivity index (χ1v) is 6.66. The second-order valence-electron chi connectivity index (χ2n) is 2.56. The van der Waals surface area contributed by atoms with E-state index in [0.29, 0.717) is 4.21 Å². The molecule has 1 atom stereocenters. The number of hydrogen-bond donors (Lipinski definition) is 0. The summed E-state index contributed by atoms with van der Waals surface area (Å²) in [5.41, 5.74) is 0.880. The van der Waals surface area contributed by atoms with Crippen molar-refractivity contribution in [1.29, 1.82) is 0 Å². The van der Waals surface area contributed by atoms with Crippen molar-refractivity contribution in [1.82, 2.24) is 4.98 Å². The van der Waals surface area contributed by atoms with Gasteiger partial charge in [0.25, 0.3) is 0 Å². The van der Waals surface area contributed by atoms with Gasteiger partial charge in [-0.05, 0) is 18.2 Å². The highest BCUT2D eigenvalue weighted by Crippen LogP contribution is 2.30. The maximum atomic E-state index is 11.0. The second kappa shape index (κ2) is 4.31. The summed E-state index contributed by atoms with van der Waals surface area (Å²) >= 11 is 1.40. The predicted octanol–water partition coefficient (Wildman–Crippen LogP) is 3.07. The van der Waals surface area contributed by atoms with E-state index in [1.54, 1.807) is 12.3 Å². The monoisotopic (exact) mass is 243 g/mol. The first kappa shape index (κ1) is 9.98. The summed E-state index contributed by atoms with van der Waals surface area (Å²) in [6, 6.07) is 9.32. The standard InChI is InChI=1S/C9H6ClNOS2/c10-14(12)9-5-4-8(13-9)7-3-1-2-6-11-7/h1-6H. The zero-order valence-electron chi connectivity index (χ0n) is 7.01. The molecule has 0 amide bonds. The molecule has 14 heavy (non-hydrogen) atoms. The predicted molar refractivity (Wildman–Crippen MR) is 59.8 cm³/mol. The number of pyridine rings is 1. The topological polar surface area (TPSA) is 36.0 Å². The van der Waals surface area contributed by atoms with E-state index in [-0.39, 0.29) is 0 Å². The van der Waals surface area contributed by atoms with E-state index in [1.165, 1.54) is 11.3 Å². The van der Waals surface area contributed by atoms with Gasteiger partial charge < -0.3 is 4.55 Å². The molecule has 0 saturated heterocycles. The molecule has 0 radical (unpaired) electrons. The van der Waals surface area contributed by atoms with Crippen LogP contribution in [0.15, 0.2) is 40.7 Å². The summed E-state index contributed by atoms with van der Waals surface area (Å²) in [7, 11) is 4.05. The minimum Gasteiger partial charge on any atom is -0.593 e. The molecule has 5 heteroatoms. The lowest BCUT2D eigenvalue weighted by Crippen LogP contribution is -1.83. The highest BCUT2D eigenvalue weighted by atomic mass is 35.7. The van der Waals surface area contributed by atoms with Crippen molar-refractivity contribution in [2.45, 2.75) is 4.21 Å². The molecule has 1 unspecified atom stereocenters. The van der Waals surface area contributed by atoms with Gasteiger partial charge in [-0.1, -0.05) is 17.4 Å². The van der Waals surface area contributed by atoms with Crippen molar-refractivity contribution >= 4 is 32.4 Å². The van der Waals surface area contributed by atoms with Crippen molar-refractivity contribution in [3.8, 4) is 10.6 Å². The lowest BCUT2D eigenvalue weighted by atomic mass is 10.3. The molecule has 2 aromatic heterocycles. The number of aromatic nitrogens is 1. The summed E-state index contributed by atoms with van der Waals surface area (Å²) in [5.74, 6) is 0. The van der Waals surface area contributed by atoms with Crippen molar-refractivity contribution in [2.75, 3.05) is 0 Å². The van der Waals surface area contributed by atoms with E-state index in [9.17, 15) is 4.55 Å². The number of rotatable bonds is 2. The molecule has 0 aromatic carbocycles. The van der Waals surface area contributed by atoms with Crippen LogP contribution in [0.25, 0.3) is 10.6 Å². The Kier molecular flexibility index (Phi) is 3.08. The van der Waals surface area contributed by atoms with Gasteiger partial charge in [0.1, 0.15) is 10.4 Å². The molecule has 0 aliphatic carbocycles. The van der Waals surface area contributed by atoms with E-state index in [1.807, 2.05) is 24.3 Å². The molecule has 0 aliphatic heterocycles. The summed E-state index contributed by atoms with van der Waals surface area (Å²) < 4.78 is 11.6. The summed E-state index contributed by atoms with van der Waals surface area (Å²) in [4.78, 5) is 5.17. The van der Waals surface area contributed by atoms with Crippen molar-refractivity contribution in [2.24, 2.45) is 0 Å². The highest BCUT2D eigenvalue weighted by molar-refractivity contribution is 8.15. The third-order valence-corrected chi connectivity index (χ3v) is 4.49. The molecule has 0 spiro atoms. The van der Waals surface area contributed by atoms with Crippen LogP contribution in [0.1, 0.15) is 0 Å². The minimum atomic E-state index is -1.42. The van der Waals surface area contributed by atoms with Gasteiger partial charge in [-0.2, -0.15) is 0 Å². The zero-order valence-corrected chi connectivity index (χ0v) is 9.40. The van der Waals surface area contributed by atoms with Gasteiger partial charge in [0, 0.05) is 12.3 Å². The van der Waals surface area contributed by atoms with Crippen LogP contribution in [0.4, 0.5) is 0 Å². The Balaban J connectivity index is 2.34. The normalized spacial score (nSPS) is 12.7. The third-order valence-electron chi connectivity index (χ3n) is 1.66. The highest BCUT2D eigenvalue weighted by Gasteiger charge is 2.12. The molecule has 0 fully saturated rings. The zero-order chi connectivity index (χ0) is 9.97. The first-order valence-electron chi connectivity index (χ1n) is 3.86. The Bertz CT molecular complexity index is 416. The van der Waals surface area contributed by atoms with Crippen LogP contribution in [-0.4, -0.2) is 9.54 Å². The Morgan fingerprint density at radius 1 is 1.29 bits per heavy atom. The lowest BCUT2D eigenvalue weighted by Gasteiger charge is -1.94. The second-order valence-corrected chi connectivity index (χ2v) is 5.63. The van der Waals surface area contributed by atoms with Gasteiger partial charge in [0.05, 0.1) is 10.6 Å². The summed E-state index contributed by atoms with van der Waals surface area (Å²) in [6.45, 7) is 0. The van der Waals surface area contributed by atoms with Gasteiger partial charge in [0.2, 0.25) is 4.21 Å². The van der Waals surface area contributed by atoms with Gasteiger partial charge in [-0.25, -0.2) is 0 Å². The maximum Gasteiger partial charge on any atom is 0.227 e. The Morgan fingerprint density at radius 2 is 2.14 bits per heavy atom. The molecule has 2 nitrogen and oxygen atoms in total. The molecule has 2 heterocycles. The van der Waals surface area contributed by atoms with Crippen molar-refractivity contribution in [3.63, 3.8) is 0 Å². The fourth-order valence-electron chi connectivity index (χ4n) is 1.05. The van der Waals surface area contributed by atoms with Crippen molar-refractivity contribution in [3.05, 3.63) is 36.5 Å². The van der Waals surface area contributed by atoms with Gasteiger partial charge in [-0.15, -0.1) is 0 Å². The molecule has 2 aromatic rings. The average Bonchev–Trinajstić information content (AvgIpc) is 2.68. The molecule has 72 valence electrons. The van der Waals surface area contributed by atoms with E-state index in [2.05, 4.69) is 4.98 Å². The van der Waals surface area contributed by atoms with Gasteiger partial charge in [-0.3, -0.25) is 4.98 Å². The number of hydrogen-bond acceptors (Lipinski definition) is 3. The summed E-state index contributed by atoms with van der Waals surface area (Å²) in [6.07, 6.45) is 1.73. The van der Waals surface area contributed by atoms with Crippen LogP contribution in [0.5, 0.6) is 0 Å². The van der Waals surface area contributed by atoms with Crippen LogP contribution in [0, 0.1) is 0 Å². The number of thiophene rings is 1. The molecule has 0 bridgehead atoms. The van der Waals surface area contributed by atoms with Crippen LogP contribution in [-0.2, 0) is 10.4 Å². The fourth-order valence-corrected chi connectivity index (χ4v) is 2.91. The van der Waals surface area contributed by atoms with Crippen LogP contribution >= 0.6 is 22.0 Å². The number of nitrogens with zero attached hydrogens (tertiary/aromatic N) is 1. The molecular formula is C9H6ClNOS2.